The van der Waals surface area contributed by atoms with E-state index >= 15 is 0 Å². The van der Waals surface area contributed by atoms with Gasteiger partial charge in [0.2, 0.25) is 5.91 Å². The number of likely N-dealkylation sites (tertiary alicyclic amines) is 1. The number of anilines is 1. The number of pyridine rings is 1. The van der Waals surface area contributed by atoms with Crippen LogP contribution in [0.2, 0.25) is 0 Å². The van der Waals surface area contributed by atoms with Crippen molar-refractivity contribution in [1.29, 1.82) is 0 Å². The number of hydrogen-bond acceptors (Lipinski definition) is 5. The van der Waals surface area contributed by atoms with Crippen molar-refractivity contribution < 1.29 is 19.1 Å². The summed E-state index contributed by atoms with van der Waals surface area (Å²) in [4.78, 5) is 34.2. The van der Waals surface area contributed by atoms with E-state index < -0.39 is 6.04 Å². The molecule has 7 heteroatoms. The average molecular weight is 429 g/mol. The number of rotatable bonds is 5. The molecule has 3 heterocycles. The van der Waals surface area contributed by atoms with Crippen molar-refractivity contribution in [2.75, 3.05) is 18.1 Å². The van der Waals surface area contributed by atoms with Gasteiger partial charge in [0.25, 0.3) is 5.91 Å². The molecule has 162 valence electrons. The van der Waals surface area contributed by atoms with Gasteiger partial charge < -0.3 is 19.3 Å². The van der Waals surface area contributed by atoms with Gasteiger partial charge in [0.1, 0.15) is 23.6 Å². The second-order valence-electron chi connectivity index (χ2n) is 7.89. The van der Waals surface area contributed by atoms with Crippen molar-refractivity contribution in [3.63, 3.8) is 0 Å². The van der Waals surface area contributed by atoms with Crippen LogP contribution in [0.5, 0.6) is 11.5 Å². The third-order valence-electron chi connectivity index (χ3n) is 5.75. The number of para-hydroxylation sites is 3. The van der Waals surface area contributed by atoms with Crippen LogP contribution in [0.3, 0.4) is 0 Å². The van der Waals surface area contributed by atoms with Gasteiger partial charge in [-0.05, 0) is 35.9 Å². The Morgan fingerprint density at radius 3 is 2.69 bits per heavy atom. The Kier molecular flexibility index (Phi) is 5.46. The van der Waals surface area contributed by atoms with Crippen molar-refractivity contribution in [3.8, 4) is 11.5 Å². The van der Waals surface area contributed by atoms with Crippen molar-refractivity contribution in [2.45, 2.75) is 25.1 Å². The highest BCUT2D eigenvalue weighted by atomic mass is 16.5. The molecule has 5 rings (SSSR count). The van der Waals surface area contributed by atoms with E-state index in [1.165, 1.54) is 0 Å². The van der Waals surface area contributed by atoms with Crippen LogP contribution in [0.1, 0.15) is 12.0 Å². The lowest BCUT2D eigenvalue weighted by atomic mass is 10.1. The molecule has 0 aliphatic carbocycles. The van der Waals surface area contributed by atoms with Crippen molar-refractivity contribution >= 4 is 17.5 Å². The monoisotopic (exact) mass is 429 g/mol. The highest BCUT2D eigenvalue weighted by molar-refractivity contribution is 6.01. The molecule has 0 N–H and O–H groups in total. The Bertz CT molecular complexity index is 1100. The van der Waals surface area contributed by atoms with Gasteiger partial charge in [0.05, 0.1) is 18.8 Å². The van der Waals surface area contributed by atoms with Crippen LogP contribution in [0.25, 0.3) is 0 Å². The lowest BCUT2D eigenvalue weighted by Crippen LogP contribution is -2.49. The number of carbonyl (C=O) groups is 2. The third kappa shape index (κ3) is 4.01. The SMILES string of the molecule is O=C1[C@@H]2C[C@@H](CN2C(=O)COc2ccccc2)Oc2ccccc2N1Cc1cccnc1. The van der Waals surface area contributed by atoms with Crippen molar-refractivity contribution in [3.05, 3.63) is 84.7 Å². The summed E-state index contributed by atoms with van der Waals surface area (Å²) >= 11 is 0. The van der Waals surface area contributed by atoms with E-state index in [0.29, 0.717) is 36.7 Å². The van der Waals surface area contributed by atoms with E-state index in [4.69, 9.17) is 9.47 Å². The molecule has 2 aliphatic rings. The Morgan fingerprint density at radius 1 is 1.06 bits per heavy atom. The van der Waals surface area contributed by atoms with Gasteiger partial charge in [-0.1, -0.05) is 36.4 Å². The summed E-state index contributed by atoms with van der Waals surface area (Å²) < 4.78 is 11.9. The summed E-state index contributed by atoms with van der Waals surface area (Å²) in [5.41, 5.74) is 1.60. The zero-order chi connectivity index (χ0) is 21.9. The zero-order valence-electron chi connectivity index (χ0n) is 17.5. The molecule has 2 atom stereocenters. The fourth-order valence-electron chi connectivity index (χ4n) is 4.23. The molecule has 3 aromatic rings. The van der Waals surface area contributed by atoms with Gasteiger partial charge in [-0.15, -0.1) is 0 Å². The van der Waals surface area contributed by atoms with Gasteiger partial charge in [-0.25, -0.2) is 0 Å². The second-order valence-corrected chi connectivity index (χ2v) is 7.89. The van der Waals surface area contributed by atoms with Crippen molar-refractivity contribution in [1.82, 2.24) is 9.88 Å². The first-order valence-corrected chi connectivity index (χ1v) is 10.6. The molecule has 0 saturated carbocycles. The number of carbonyl (C=O) groups excluding carboxylic acids is 2. The smallest absolute Gasteiger partial charge is 0.261 e. The van der Waals surface area contributed by atoms with E-state index in [9.17, 15) is 9.59 Å². The first-order chi connectivity index (χ1) is 15.7. The van der Waals surface area contributed by atoms with Crippen molar-refractivity contribution in [2.24, 2.45) is 0 Å². The fraction of sp³-hybridized carbons (Fsp3) is 0.240. The third-order valence-corrected chi connectivity index (χ3v) is 5.75. The van der Waals surface area contributed by atoms with Gasteiger partial charge in [-0.3, -0.25) is 14.6 Å². The van der Waals surface area contributed by atoms with Gasteiger partial charge in [-0.2, -0.15) is 0 Å². The second kappa shape index (κ2) is 8.70. The van der Waals surface area contributed by atoms with E-state index in [0.717, 1.165) is 5.56 Å². The lowest BCUT2D eigenvalue weighted by molar-refractivity contribution is -0.139. The lowest BCUT2D eigenvalue weighted by Gasteiger charge is -2.31. The molecule has 1 fully saturated rings. The topological polar surface area (TPSA) is 72.0 Å². The molecule has 0 radical (unpaired) electrons. The normalized spacial score (nSPS) is 19.6. The average Bonchev–Trinajstić information content (AvgIpc) is 3.27. The summed E-state index contributed by atoms with van der Waals surface area (Å²) in [6.07, 6.45) is 3.65. The largest absolute Gasteiger partial charge is 0.486 e. The first-order valence-electron chi connectivity index (χ1n) is 10.6. The van der Waals surface area contributed by atoms with Crippen LogP contribution in [0.4, 0.5) is 5.69 Å². The Balaban J connectivity index is 1.41. The number of aromatic nitrogens is 1. The van der Waals surface area contributed by atoms with Crippen LogP contribution in [-0.2, 0) is 16.1 Å². The minimum atomic E-state index is -0.600. The molecular formula is C25H23N3O4. The number of hydrogen-bond donors (Lipinski definition) is 0. The molecule has 0 spiro atoms. The number of nitrogens with zero attached hydrogens (tertiary/aromatic N) is 3. The standard InChI is InChI=1S/C25H23N3O4/c29-24(17-31-19-8-2-1-3-9-19)27-16-20-13-22(27)25(30)28(15-18-7-6-12-26-14-18)21-10-4-5-11-23(21)32-20/h1-12,14,20,22H,13,15-17H2/t20-,22-/m0/s1. The minimum absolute atomic E-state index is 0.125. The van der Waals surface area contributed by atoms with Crippen LogP contribution in [0.15, 0.2) is 79.1 Å². The van der Waals surface area contributed by atoms with E-state index in [1.54, 1.807) is 34.3 Å². The highest BCUT2D eigenvalue weighted by Crippen LogP contribution is 2.37. The molecular weight excluding hydrogens is 406 g/mol. The Hall–Kier alpha value is -3.87. The van der Waals surface area contributed by atoms with Crippen LogP contribution < -0.4 is 14.4 Å². The predicted molar refractivity (Wildman–Crippen MR) is 118 cm³/mol. The molecule has 1 aromatic heterocycles. The fourth-order valence-corrected chi connectivity index (χ4v) is 4.23. The quantitative estimate of drug-likeness (QED) is 0.623. The van der Waals surface area contributed by atoms with E-state index in [2.05, 4.69) is 4.98 Å². The van der Waals surface area contributed by atoms with Crippen LogP contribution in [0, 0.1) is 0 Å². The van der Waals surface area contributed by atoms with E-state index in [-0.39, 0.29) is 24.5 Å². The maximum Gasteiger partial charge on any atom is 0.261 e. The summed E-state index contributed by atoms with van der Waals surface area (Å²) in [5.74, 6) is 0.902. The zero-order valence-corrected chi connectivity index (χ0v) is 17.5. The summed E-state index contributed by atoms with van der Waals surface area (Å²) in [6, 6.07) is 19.9. The summed E-state index contributed by atoms with van der Waals surface area (Å²) in [7, 11) is 0. The van der Waals surface area contributed by atoms with Gasteiger partial charge >= 0.3 is 0 Å². The molecule has 7 nitrogen and oxygen atoms in total. The highest BCUT2D eigenvalue weighted by Gasteiger charge is 2.45. The number of fused-ring (bicyclic) bond motifs is 3. The summed E-state index contributed by atoms with van der Waals surface area (Å²) in [5, 5.41) is 0. The van der Waals surface area contributed by atoms with Crippen LogP contribution >= 0.6 is 0 Å². The first kappa shape index (κ1) is 20.1. The number of amides is 2. The minimum Gasteiger partial charge on any atom is -0.486 e. The number of benzene rings is 2. The summed E-state index contributed by atoms with van der Waals surface area (Å²) in [6.45, 7) is 0.565. The van der Waals surface area contributed by atoms with Gasteiger partial charge in [0.15, 0.2) is 6.61 Å². The van der Waals surface area contributed by atoms with Gasteiger partial charge in [0, 0.05) is 18.8 Å². The molecule has 2 bridgehead atoms. The molecule has 2 aromatic carbocycles. The molecule has 1 saturated heterocycles. The molecule has 32 heavy (non-hydrogen) atoms. The molecule has 2 aliphatic heterocycles. The van der Waals surface area contributed by atoms with E-state index in [1.807, 2.05) is 54.6 Å². The predicted octanol–water partition coefficient (Wildman–Crippen LogP) is 3.06. The Labute approximate surface area is 186 Å². The van der Waals surface area contributed by atoms with Crippen LogP contribution in [-0.4, -0.2) is 47.0 Å². The maximum atomic E-state index is 13.7. The molecule has 2 amide bonds. The number of ether oxygens (including phenoxy) is 2. The maximum absolute atomic E-state index is 13.7. The molecule has 0 unspecified atom stereocenters. The Morgan fingerprint density at radius 2 is 1.88 bits per heavy atom.